The first-order chi connectivity index (χ1) is 13.7. The number of methoxy groups -OCH3 is 1. The van der Waals surface area contributed by atoms with Gasteiger partial charge in [-0.25, -0.2) is 0 Å². The zero-order valence-corrected chi connectivity index (χ0v) is 15.8. The second-order valence-electron chi connectivity index (χ2n) is 6.31. The van der Waals surface area contributed by atoms with E-state index < -0.39 is 0 Å². The van der Waals surface area contributed by atoms with Crippen molar-refractivity contribution in [2.24, 2.45) is 0 Å². The minimum Gasteiger partial charge on any atom is -0.497 e. The molecule has 1 saturated heterocycles. The summed E-state index contributed by atoms with van der Waals surface area (Å²) in [6.45, 7) is 1.41. The summed E-state index contributed by atoms with van der Waals surface area (Å²) in [5.74, 6) is 1.97. The van der Waals surface area contributed by atoms with Crippen molar-refractivity contribution in [2.45, 2.75) is 12.8 Å². The zero-order valence-electron chi connectivity index (χ0n) is 15.8. The number of ether oxygens (including phenoxy) is 3. The van der Waals surface area contributed by atoms with Gasteiger partial charge in [-0.3, -0.25) is 9.59 Å². The first-order valence-electron chi connectivity index (χ1n) is 9.22. The number of nitrogens with one attached hydrogen (secondary N) is 1. The molecule has 148 valence electrons. The van der Waals surface area contributed by atoms with Gasteiger partial charge in [-0.1, -0.05) is 0 Å². The summed E-state index contributed by atoms with van der Waals surface area (Å²) >= 11 is 0. The van der Waals surface area contributed by atoms with Gasteiger partial charge in [-0.15, -0.1) is 0 Å². The van der Waals surface area contributed by atoms with Gasteiger partial charge in [0.05, 0.1) is 13.7 Å². The molecule has 0 saturated carbocycles. The highest BCUT2D eigenvalue weighted by atomic mass is 16.5. The maximum atomic E-state index is 11.9. The van der Waals surface area contributed by atoms with E-state index in [-0.39, 0.29) is 18.4 Å². The topological polar surface area (TPSA) is 77.1 Å². The zero-order chi connectivity index (χ0) is 19.8. The third-order valence-electron chi connectivity index (χ3n) is 4.34. The van der Waals surface area contributed by atoms with Crippen LogP contribution in [0.1, 0.15) is 12.8 Å². The van der Waals surface area contributed by atoms with E-state index >= 15 is 0 Å². The summed E-state index contributed by atoms with van der Waals surface area (Å²) in [7, 11) is 1.61. The van der Waals surface area contributed by atoms with E-state index in [9.17, 15) is 9.59 Å². The summed E-state index contributed by atoms with van der Waals surface area (Å²) in [6.07, 6.45) is 1.49. The average molecular weight is 384 g/mol. The average Bonchev–Trinajstić information content (AvgIpc) is 3.16. The molecule has 0 bridgehead atoms. The summed E-state index contributed by atoms with van der Waals surface area (Å²) in [5.41, 5.74) is 0.856. The molecule has 0 unspecified atom stereocenters. The molecule has 0 radical (unpaired) electrons. The first-order valence-corrected chi connectivity index (χ1v) is 9.22. The third kappa shape index (κ3) is 5.39. The Labute approximate surface area is 164 Å². The van der Waals surface area contributed by atoms with Gasteiger partial charge in [-0.05, 0) is 55.0 Å². The van der Waals surface area contributed by atoms with Crippen molar-refractivity contribution in [2.75, 3.05) is 38.3 Å². The largest absolute Gasteiger partial charge is 0.497 e. The van der Waals surface area contributed by atoms with Crippen LogP contribution in [0.3, 0.4) is 0 Å². The van der Waals surface area contributed by atoms with E-state index in [0.29, 0.717) is 31.1 Å². The molecule has 7 nitrogen and oxygen atoms in total. The molecule has 2 amide bonds. The monoisotopic (exact) mass is 384 g/mol. The van der Waals surface area contributed by atoms with Crippen LogP contribution in [0.2, 0.25) is 0 Å². The molecule has 28 heavy (non-hydrogen) atoms. The lowest BCUT2D eigenvalue weighted by atomic mass is 10.3. The first kappa shape index (κ1) is 19.5. The normalized spacial score (nSPS) is 13.3. The molecule has 0 aromatic heterocycles. The smallest absolute Gasteiger partial charge is 0.258 e. The van der Waals surface area contributed by atoms with Gasteiger partial charge in [0.1, 0.15) is 23.9 Å². The minimum atomic E-state index is -0.225. The van der Waals surface area contributed by atoms with E-state index in [4.69, 9.17) is 14.2 Å². The number of hydrogen-bond acceptors (Lipinski definition) is 5. The number of carbonyl (C=O) groups is 2. The van der Waals surface area contributed by atoms with Crippen LogP contribution in [0.25, 0.3) is 0 Å². The standard InChI is InChI=1S/C21H24N2O5/c1-26-17-8-10-18(11-9-17)27-14-12-22-20(24)15-28-19-6-4-16(5-7-19)23-13-2-3-21(23)25/h4-11H,2-3,12-15H2,1H3,(H,22,24). The third-order valence-corrected chi connectivity index (χ3v) is 4.34. The van der Waals surface area contributed by atoms with Crippen LogP contribution in [-0.2, 0) is 9.59 Å². The van der Waals surface area contributed by atoms with Crippen LogP contribution in [0.15, 0.2) is 48.5 Å². The lowest BCUT2D eigenvalue weighted by Crippen LogP contribution is -2.32. The van der Waals surface area contributed by atoms with E-state index in [2.05, 4.69) is 5.32 Å². The minimum absolute atomic E-state index is 0.0788. The summed E-state index contributed by atoms with van der Waals surface area (Å²) in [6, 6.07) is 14.4. The van der Waals surface area contributed by atoms with Gasteiger partial charge in [-0.2, -0.15) is 0 Å². The predicted octanol–water partition coefficient (Wildman–Crippen LogP) is 2.40. The lowest BCUT2D eigenvalue weighted by molar-refractivity contribution is -0.123. The van der Waals surface area contributed by atoms with Crippen molar-refractivity contribution < 1.29 is 23.8 Å². The van der Waals surface area contributed by atoms with Gasteiger partial charge in [0.2, 0.25) is 5.91 Å². The number of rotatable bonds is 9. The van der Waals surface area contributed by atoms with Crippen molar-refractivity contribution in [1.29, 1.82) is 0 Å². The van der Waals surface area contributed by atoms with Crippen molar-refractivity contribution in [3.05, 3.63) is 48.5 Å². The van der Waals surface area contributed by atoms with Crippen molar-refractivity contribution in [3.63, 3.8) is 0 Å². The quantitative estimate of drug-likeness (QED) is 0.672. The fourth-order valence-corrected chi connectivity index (χ4v) is 2.87. The highest BCUT2D eigenvalue weighted by Crippen LogP contribution is 2.23. The molecule has 1 fully saturated rings. The highest BCUT2D eigenvalue weighted by Gasteiger charge is 2.21. The van der Waals surface area contributed by atoms with E-state index in [0.717, 1.165) is 24.4 Å². The van der Waals surface area contributed by atoms with Crippen molar-refractivity contribution in [1.82, 2.24) is 5.32 Å². The molecule has 0 aliphatic carbocycles. The fourth-order valence-electron chi connectivity index (χ4n) is 2.87. The van der Waals surface area contributed by atoms with Crippen LogP contribution in [-0.4, -0.2) is 45.2 Å². The predicted molar refractivity (Wildman–Crippen MR) is 105 cm³/mol. The number of anilines is 1. The molecule has 0 spiro atoms. The fraction of sp³-hybridized carbons (Fsp3) is 0.333. The Bertz CT molecular complexity index is 789. The van der Waals surface area contributed by atoms with Crippen LogP contribution in [0, 0.1) is 0 Å². The second-order valence-corrected chi connectivity index (χ2v) is 6.31. The van der Waals surface area contributed by atoms with Gasteiger partial charge in [0, 0.05) is 18.7 Å². The summed E-state index contributed by atoms with van der Waals surface area (Å²) in [4.78, 5) is 25.4. The number of amides is 2. The maximum absolute atomic E-state index is 11.9. The molecular weight excluding hydrogens is 360 g/mol. The van der Waals surface area contributed by atoms with Crippen LogP contribution < -0.4 is 24.4 Å². The number of nitrogens with zero attached hydrogens (tertiary/aromatic N) is 1. The molecular formula is C21H24N2O5. The Morgan fingerprint density at radius 2 is 1.64 bits per heavy atom. The van der Waals surface area contributed by atoms with Crippen LogP contribution in [0.4, 0.5) is 5.69 Å². The number of benzene rings is 2. The van der Waals surface area contributed by atoms with Gasteiger partial charge >= 0.3 is 0 Å². The Kier molecular flexibility index (Phi) is 6.73. The molecule has 1 N–H and O–H groups in total. The lowest BCUT2D eigenvalue weighted by Gasteiger charge is -2.16. The maximum Gasteiger partial charge on any atom is 0.258 e. The van der Waals surface area contributed by atoms with Crippen molar-refractivity contribution in [3.8, 4) is 17.2 Å². The molecule has 1 aliphatic rings. The Balaban J connectivity index is 1.34. The summed E-state index contributed by atoms with van der Waals surface area (Å²) < 4.78 is 16.1. The highest BCUT2D eigenvalue weighted by molar-refractivity contribution is 5.95. The molecule has 2 aromatic rings. The summed E-state index contributed by atoms with van der Waals surface area (Å²) in [5, 5.41) is 2.74. The SMILES string of the molecule is COc1ccc(OCCNC(=O)COc2ccc(N3CCCC3=O)cc2)cc1. The van der Waals surface area contributed by atoms with E-state index in [1.54, 1.807) is 24.1 Å². The number of carbonyl (C=O) groups excluding carboxylic acids is 2. The molecule has 1 aliphatic heterocycles. The Morgan fingerprint density at radius 3 is 2.29 bits per heavy atom. The van der Waals surface area contributed by atoms with Crippen molar-refractivity contribution >= 4 is 17.5 Å². The van der Waals surface area contributed by atoms with Crippen LogP contribution in [0.5, 0.6) is 17.2 Å². The van der Waals surface area contributed by atoms with E-state index in [1.165, 1.54) is 0 Å². The molecule has 1 heterocycles. The second kappa shape index (κ2) is 9.64. The Morgan fingerprint density at radius 1 is 1.00 bits per heavy atom. The Hall–Kier alpha value is -3.22. The molecule has 0 atom stereocenters. The van der Waals surface area contributed by atoms with E-state index in [1.807, 2.05) is 36.4 Å². The van der Waals surface area contributed by atoms with Gasteiger partial charge in [0.15, 0.2) is 6.61 Å². The molecule has 3 rings (SSSR count). The number of hydrogen-bond donors (Lipinski definition) is 1. The molecule has 2 aromatic carbocycles. The van der Waals surface area contributed by atoms with Gasteiger partial charge < -0.3 is 24.4 Å². The molecule has 7 heteroatoms. The van der Waals surface area contributed by atoms with Gasteiger partial charge in [0.25, 0.3) is 5.91 Å². The van der Waals surface area contributed by atoms with Crippen LogP contribution >= 0.6 is 0 Å².